The SMILES string of the molecule is O=C(NCc1cn[nH]c1)Nc1ccc(S(=O)(=O)c2ccccc2-c2ccccc2)cc1. The molecule has 0 aliphatic rings. The molecule has 156 valence electrons. The highest BCUT2D eigenvalue weighted by Gasteiger charge is 2.21. The molecule has 0 radical (unpaired) electrons. The zero-order valence-corrected chi connectivity index (χ0v) is 17.3. The standard InChI is InChI=1S/C23H20N4O3S/c28-23(24-14-17-15-25-26-16-17)27-19-10-12-20(13-11-19)31(29,30)22-9-5-4-8-21(22)18-6-2-1-3-7-18/h1-13,15-16H,14H2,(H,25,26)(H2,24,27,28). The molecule has 31 heavy (non-hydrogen) atoms. The molecule has 4 rings (SSSR count). The summed E-state index contributed by atoms with van der Waals surface area (Å²) >= 11 is 0. The van der Waals surface area contributed by atoms with Crippen molar-refractivity contribution < 1.29 is 13.2 Å². The van der Waals surface area contributed by atoms with Crippen molar-refractivity contribution in [1.29, 1.82) is 0 Å². The van der Waals surface area contributed by atoms with Gasteiger partial charge in [0, 0.05) is 29.6 Å². The first-order valence-corrected chi connectivity index (χ1v) is 11.0. The number of urea groups is 1. The summed E-state index contributed by atoms with van der Waals surface area (Å²) in [6.07, 6.45) is 3.31. The van der Waals surface area contributed by atoms with Crippen molar-refractivity contribution in [3.8, 4) is 11.1 Å². The summed E-state index contributed by atoms with van der Waals surface area (Å²) in [7, 11) is -3.74. The fourth-order valence-electron chi connectivity index (χ4n) is 3.13. The number of nitrogens with zero attached hydrogens (tertiary/aromatic N) is 1. The van der Waals surface area contributed by atoms with Gasteiger partial charge in [-0.3, -0.25) is 5.10 Å². The number of aromatic amines is 1. The molecule has 0 saturated carbocycles. The van der Waals surface area contributed by atoms with Crippen molar-refractivity contribution >= 4 is 21.6 Å². The Morgan fingerprint density at radius 2 is 1.61 bits per heavy atom. The summed E-state index contributed by atoms with van der Waals surface area (Å²) in [4.78, 5) is 12.4. The molecule has 0 spiro atoms. The number of aromatic nitrogens is 2. The van der Waals surface area contributed by atoms with Crippen LogP contribution in [0.2, 0.25) is 0 Å². The van der Waals surface area contributed by atoms with Gasteiger partial charge in [-0.2, -0.15) is 5.10 Å². The highest BCUT2D eigenvalue weighted by atomic mass is 32.2. The fourth-order valence-corrected chi connectivity index (χ4v) is 4.61. The fraction of sp³-hybridized carbons (Fsp3) is 0.0435. The third-order valence-corrected chi connectivity index (χ3v) is 6.52. The van der Waals surface area contributed by atoms with Gasteiger partial charge in [-0.15, -0.1) is 0 Å². The predicted octanol–water partition coefficient (Wildman–Crippen LogP) is 4.23. The lowest BCUT2D eigenvalue weighted by Gasteiger charge is -2.12. The van der Waals surface area contributed by atoms with Crippen molar-refractivity contribution in [2.24, 2.45) is 0 Å². The van der Waals surface area contributed by atoms with Crippen LogP contribution in [0.4, 0.5) is 10.5 Å². The molecule has 0 saturated heterocycles. The van der Waals surface area contributed by atoms with E-state index in [0.29, 0.717) is 17.8 Å². The van der Waals surface area contributed by atoms with Gasteiger partial charge < -0.3 is 10.6 Å². The second-order valence-corrected chi connectivity index (χ2v) is 8.72. The quantitative estimate of drug-likeness (QED) is 0.424. The van der Waals surface area contributed by atoms with Gasteiger partial charge in [0.15, 0.2) is 0 Å². The lowest BCUT2D eigenvalue weighted by Crippen LogP contribution is -2.28. The zero-order valence-electron chi connectivity index (χ0n) is 16.4. The first-order chi connectivity index (χ1) is 15.0. The molecule has 0 aliphatic carbocycles. The van der Waals surface area contributed by atoms with E-state index in [2.05, 4.69) is 20.8 Å². The Hall–Kier alpha value is -3.91. The van der Waals surface area contributed by atoms with Gasteiger partial charge in [0.2, 0.25) is 9.84 Å². The maximum Gasteiger partial charge on any atom is 0.319 e. The van der Waals surface area contributed by atoms with E-state index in [9.17, 15) is 13.2 Å². The molecule has 8 heteroatoms. The normalized spacial score (nSPS) is 11.1. The second-order valence-electron chi connectivity index (χ2n) is 6.80. The number of nitrogens with one attached hydrogen (secondary N) is 3. The lowest BCUT2D eigenvalue weighted by molar-refractivity contribution is 0.251. The van der Waals surface area contributed by atoms with Gasteiger partial charge in [0.05, 0.1) is 16.0 Å². The highest BCUT2D eigenvalue weighted by molar-refractivity contribution is 7.91. The van der Waals surface area contributed by atoms with Gasteiger partial charge in [-0.25, -0.2) is 13.2 Å². The number of anilines is 1. The first-order valence-electron chi connectivity index (χ1n) is 9.56. The third kappa shape index (κ3) is 4.65. The number of H-pyrrole nitrogens is 1. The van der Waals surface area contributed by atoms with Crippen molar-refractivity contribution in [1.82, 2.24) is 15.5 Å². The average molecular weight is 433 g/mol. The van der Waals surface area contributed by atoms with Crippen LogP contribution in [0.5, 0.6) is 0 Å². The van der Waals surface area contributed by atoms with Crippen LogP contribution >= 0.6 is 0 Å². The maximum absolute atomic E-state index is 13.3. The van der Waals surface area contributed by atoms with Crippen LogP contribution in [0.15, 0.2) is 101 Å². The highest BCUT2D eigenvalue weighted by Crippen LogP contribution is 2.31. The largest absolute Gasteiger partial charge is 0.334 e. The maximum atomic E-state index is 13.3. The molecular formula is C23H20N4O3S. The van der Waals surface area contributed by atoms with Crippen LogP contribution < -0.4 is 10.6 Å². The minimum Gasteiger partial charge on any atom is -0.334 e. The second kappa shape index (κ2) is 8.85. The number of benzene rings is 3. The van der Waals surface area contributed by atoms with Crippen molar-refractivity contribution in [2.45, 2.75) is 16.3 Å². The Morgan fingerprint density at radius 1 is 0.903 bits per heavy atom. The summed E-state index contributed by atoms with van der Waals surface area (Å²) in [6.45, 7) is 0.324. The van der Waals surface area contributed by atoms with Crippen LogP contribution in [0.1, 0.15) is 5.56 Å². The summed E-state index contributed by atoms with van der Waals surface area (Å²) in [5.41, 5.74) is 2.80. The number of carbonyl (C=O) groups is 1. The molecule has 0 bridgehead atoms. The number of carbonyl (C=O) groups excluding carboxylic acids is 1. The van der Waals surface area contributed by atoms with E-state index >= 15 is 0 Å². The molecule has 3 aromatic carbocycles. The Balaban J connectivity index is 1.52. The number of hydrogen-bond acceptors (Lipinski definition) is 4. The van der Waals surface area contributed by atoms with Gasteiger partial charge in [-0.1, -0.05) is 48.5 Å². The molecule has 0 fully saturated rings. The Labute approximate surface area is 180 Å². The van der Waals surface area contributed by atoms with Gasteiger partial charge >= 0.3 is 6.03 Å². The summed E-state index contributed by atoms with van der Waals surface area (Å²) in [6, 6.07) is 22.0. The van der Waals surface area contributed by atoms with E-state index < -0.39 is 15.9 Å². The molecule has 0 unspecified atom stereocenters. The molecule has 0 atom stereocenters. The van der Waals surface area contributed by atoms with Crippen LogP contribution in [0, 0.1) is 0 Å². The minimum absolute atomic E-state index is 0.153. The van der Waals surface area contributed by atoms with E-state index in [1.807, 2.05) is 36.4 Å². The summed E-state index contributed by atoms with van der Waals surface area (Å²) in [5, 5.41) is 11.9. The first kappa shape index (κ1) is 20.4. The molecule has 1 heterocycles. The lowest BCUT2D eigenvalue weighted by atomic mass is 10.1. The Morgan fingerprint density at radius 3 is 2.32 bits per heavy atom. The smallest absolute Gasteiger partial charge is 0.319 e. The molecular weight excluding hydrogens is 412 g/mol. The molecule has 2 amide bonds. The van der Waals surface area contributed by atoms with E-state index in [0.717, 1.165) is 11.1 Å². The van der Waals surface area contributed by atoms with Crippen LogP contribution in [0.25, 0.3) is 11.1 Å². The van der Waals surface area contributed by atoms with Crippen molar-refractivity contribution in [3.05, 3.63) is 96.8 Å². The molecule has 4 aromatic rings. The van der Waals surface area contributed by atoms with Crippen molar-refractivity contribution in [2.75, 3.05) is 5.32 Å². The summed E-state index contributed by atoms with van der Waals surface area (Å²) in [5.74, 6) is 0. The molecule has 1 aromatic heterocycles. The Bertz CT molecular complexity index is 1270. The Kier molecular flexibility index (Phi) is 5.81. The number of hydrogen-bond donors (Lipinski definition) is 3. The monoisotopic (exact) mass is 432 g/mol. The summed E-state index contributed by atoms with van der Waals surface area (Å²) < 4.78 is 26.6. The topological polar surface area (TPSA) is 104 Å². The van der Waals surface area contributed by atoms with Gasteiger partial charge in [0.1, 0.15) is 0 Å². The van der Waals surface area contributed by atoms with Crippen LogP contribution in [-0.4, -0.2) is 24.6 Å². The van der Waals surface area contributed by atoms with E-state index in [4.69, 9.17) is 0 Å². The van der Waals surface area contributed by atoms with Crippen LogP contribution in [-0.2, 0) is 16.4 Å². The third-order valence-electron chi connectivity index (χ3n) is 4.69. The minimum atomic E-state index is -3.74. The molecule has 3 N–H and O–H groups in total. The number of amides is 2. The van der Waals surface area contributed by atoms with Crippen molar-refractivity contribution in [3.63, 3.8) is 0 Å². The van der Waals surface area contributed by atoms with E-state index in [-0.39, 0.29) is 9.79 Å². The molecule has 7 nitrogen and oxygen atoms in total. The van der Waals surface area contributed by atoms with E-state index in [1.165, 1.54) is 12.1 Å². The van der Waals surface area contributed by atoms with Gasteiger partial charge in [-0.05, 0) is 35.9 Å². The van der Waals surface area contributed by atoms with Crippen LogP contribution in [0.3, 0.4) is 0 Å². The zero-order chi connectivity index (χ0) is 21.7. The predicted molar refractivity (Wildman–Crippen MR) is 118 cm³/mol. The number of sulfone groups is 1. The number of rotatable bonds is 6. The van der Waals surface area contributed by atoms with E-state index in [1.54, 1.807) is 42.7 Å². The average Bonchev–Trinajstić information content (AvgIpc) is 3.32. The molecule has 0 aliphatic heterocycles. The van der Waals surface area contributed by atoms with Gasteiger partial charge in [0.25, 0.3) is 0 Å².